The van der Waals surface area contributed by atoms with Gasteiger partial charge in [0.1, 0.15) is 0 Å². The van der Waals surface area contributed by atoms with Gasteiger partial charge in [0.05, 0.1) is 7.11 Å². The van der Waals surface area contributed by atoms with Crippen molar-refractivity contribution >= 4 is 38.2 Å². The molecule has 0 fully saturated rings. The third kappa shape index (κ3) is 3.02. The lowest BCUT2D eigenvalue weighted by Crippen LogP contribution is -2.14. The first-order valence-electron chi connectivity index (χ1n) is 8.83. The summed E-state index contributed by atoms with van der Waals surface area (Å²) in [5.74, 6) is -0.660. The highest BCUT2D eigenvalue weighted by molar-refractivity contribution is 9.11. The molecule has 3 aromatic rings. The van der Waals surface area contributed by atoms with Crippen LogP contribution in [0.2, 0.25) is 0 Å². The molecule has 1 aliphatic carbocycles. The van der Waals surface area contributed by atoms with E-state index in [9.17, 15) is 4.79 Å². The number of methoxy groups -OCH3 is 1. The zero-order chi connectivity index (χ0) is 19.0. The van der Waals surface area contributed by atoms with Crippen LogP contribution in [-0.4, -0.2) is 13.1 Å². The summed E-state index contributed by atoms with van der Waals surface area (Å²) >= 11 is 3.77. The lowest BCUT2D eigenvalue weighted by atomic mass is 9.80. The van der Waals surface area contributed by atoms with E-state index in [1.165, 1.54) is 12.7 Å². The molecule has 0 aromatic heterocycles. The molecule has 1 atom stereocenters. The summed E-state index contributed by atoms with van der Waals surface area (Å²) in [6.07, 6.45) is 0.821. The summed E-state index contributed by atoms with van der Waals surface area (Å²) in [6.45, 7) is 4.13. The SMILES string of the molecule is C=C(C(=O)OC)[C@H](C1=C(Br)Cc2ccccc21)c1cccc2ccccc12. The standard InChI is InChI=1S/C24H19BrO2/c1-15(24(26)27-2)22(20-13-7-10-16-8-3-5-11-18(16)20)23-19-12-6-4-9-17(19)14-21(23)25/h3-13,22H,1,14H2,2H3/t22-/m0/s1. The molecule has 2 nitrogen and oxygen atoms in total. The van der Waals surface area contributed by atoms with Gasteiger partial charge < -0.3 is 4.74 Å². The van der Waals surface area contributed by atoms with Crippen molar-refractivity contribution in [2.75, 3.05) is 7.11 Å². The van der Waals surface area contributed by atoms with E-state index in [1.54, 1.807) is 0 Å². The average Bonchev–Trinajstić information content (AvgIpc) is 3.03. The number of carbonyl (C=O) groups is 1. The molecular formula is C24H19BrO2. The minimum Gasteiger partial charge on any atom is -0.466 e. The van der Waals surface area contributed by atoms with Crippen LogP contribution in [0.3, 0.4) is 0 Å². The van der Waals surface area contributed by atoms with Crippen molar-refractivity contribution in [3.05, 3.63) is 100 Å². The van der Waals surface area contributed by atoms with Crippen LogP contribution in [0.25, 0.3) is 16.3 Å². The van der Waals surface area contributed by atoms with Gasteiger partial charge in [0.2, 0.25) is 0 Å². The van der Waals surface area contributed by atoms with E-state index in [4.69, 9.17) is 4.74 Å². The number of esters is 1. The number of hydrogen-bond acceptors (Lipinski definition) is 2. The fourth-order valence-electron chi connectivity index (χ4n) is 3.93. The van der Waals surface area contributed by atoms with E-state index < -0.39 is 0 Å². The third-order valence-corrected chi connectivity index (χ3v) is 5.87. The molecule has 0 N–H and O–H groups in total. The van der Waals surface area contributed by atoms with Crippen molar-refractivity contribution in [2.24, 2.45) is 0 Å². The van der Waals surface area contributed by atoms with E-state index in [0.29, 0.717) is 5.57 Å². The maximum atomic E-state index is 12.5. The monoisotopic (exact) mass is 418 g/mol. The van der Waals surface area contributed by atoms with Crippen LogP contribution in [0.4, 0.5) is 0 Å². The van der Waals surface area contributed by atoms with E-state index >= 15 is 0 Å². The van der Waals surface area contributed by atoms with Crippen LogP contribution >= 0.6 is 15.9 Å². The molecule has 0 amide bonds. The van der Waals surface area contributed by atoms with Crippen LogP contribution in [-0.2, 0) is 16.0 Å². The molecule has 0 bridgehead atoms. The number of fused-ring (bicyclic) bond motifs is 2. The van der Waals surface area contributed by atoms with Crippen LogP contribution in [0, 0.1) is 0 Å². The fourth-order valence-corrected chi connectivity index (χ4v) is 4.67. The predicted octanol–water partition coefficient (Wildman–Crippen LogP) is 6.01. The Morgan fingerprint density at radius 2 is 1.74 bits per heavy atom. The van der Waals surface area contributed by atoms with Crippen molar-refractivity contribution in [3.63, 3.8) is 0 Å². The van der Waals surface area contributed by atoms with Gasteiger partial charge in [0, 0.05) is 22.4 Å². The Labute approximate surface area is 167 Å². The second kappa shape index (κ2) is 7.16. The molecule has 3 aromatic carbocycles. The maximum absolute atomic E-state index is 12.5. The first kappa shape index (κ1) is 17.7. The molecule has 1 aliphatic rings. The second-order valence-electron chi connectivity index (χ2n) is 6.67. The average molecular weight is 419 g/mol. The normalized spacial score (nSPS) is 14.1. The summed E-state index contributed by atoms with van der Waals surface area (Å²) < 4.78 is 6.12. The third-order valence-electron chi connectivity index (χ3n) is 5.16. The van der Waals surface area contributed by atoms with Crippen molar-refractivity contribution in [1.82, 2.24) is 0 Å². The van der Waals surface area contributed by atoms with Gasteiger partial charge in [-0.15, -0.1) is 0 Å². The van der Waals surface area contributed by atoms with Crippen molar-refractivity contribution in [2.45, 2.75) is 12.3 Å². The summed E-state index contributed by atoms with van der Waals surface area (Å²) in [5.41, 5.74) is 5.01. The predicted molar refractivity (Wildman–Crippen MR) is 114 cm³/mol. The quantitative estimate of drug-likeness (QED) is 0.382. The summed E-state index contributed by atoms with van der Waals surface area (Å²) in [5, 5.41) is 2.26. The topological polar surface area (TPSA) is 26.3 Å². The summed E-state index contributed by atoms with van der Waals surface area (Å²) in [4.78, 5) is 12.5. The van der Waals surface area contributed by atoms with Crippen LogP contribution in [0.5, 0.6) is 0 Å². The summed E-state index contributed by atoms with van der Waals surface area (Å²) in [6, 6.07) is 22.7. The Morgan fingerprint density at radius 1 is 1.04 bits per heavy atom. The van der Waals surface area contributed by atoms with E-state index in [1.807, 2.05) is 30.3 Å². The molecule has 0 saturated carbocycles. The van der Waals surface area contributed by atoms with Crippen LogP contribution in [0.1, 0.15) is 22.6 Å². The lowest BCUT2D eigenvalue weighted by molar-refractivity contribution is -0.136. The molecule has 134 valence electrons. The number of benzene rings is 3. The molecule has 0 aliphatic heterocycles. The van der Waals surface area contributed by atoms with E-state index in [-0.39, 0.29) is 11.9 Å². The number of ether oxygens (including phenoxy) is 1. The van der Waals surface area contributed by atoms with Gasteiger partial charge in [0.15, 0.2) is 0 Å². The number of carbonyl (C=O) groups excluding carboxylic acids is 1. The van der Waals surface area contributed by atoms with Gasteiger partial charge >= 0.3 is 5.97 Å². The summed E-state index contributed by atoms with van der Waals surface area (Å²) in [7, 11) is 1.40. The lowest BCUT2D eigenvalue weighted by Gasteiger charge is -2.23. The molecule has 0 spiro atoms. The molecule has 0 heterocycles. The fraction of sp³-hybridized carbons (Fsp3) is 0.125. The molecule has 0 radical (unpaired) electrons. The Kier molecular flexibility index (Phi) is 4.71. The second-order valence-corrected chi connectivity index (χ2v) is 7.63. The smallest absolute Gasteiger partial charge is 0.334 e. The molecule has 27 heavy (non-hydrogen) atoms. The van der Waals surface area contributed by atoms with Crippen molar-refractivity contribution in [3.8, 4) is 0 Å². The van der Waals surface area contributed by atoms with E-state index in [0.717, 1.165) is 38.4 Å². The zero-order valence-electron chi connectivity index (χ0n) is 15.0. The van der Waals surface area contributed by atoms with E-state index in [2.05, 4.69) is 58.9 Å². The largest absolute Gasteiger partial charge is 0.466 e. The Morgan fingerprint density at radius 3 is 2.56 bits per heavy atom. The van der Waals surface area contributed by atoms with Gasteiger partial charge in [-0.3, -0.25) is 0 Å². The van der Waals surface area contributed by atoms with Gasteiger partial charge in [-0.05, 0) is 33.0 Å². The highest BCUT2D eigenvalue weighted by Gasteiger charge is 2.33. The minimum atomic E-state index is -0.384. The zero-order valence-corrected chi connectivity index (χ0v) is 16.6. The maximum Gasteiger partial charge on any atom is 0.334 e. The minimum absolute atomic E-state index is 0.276. The number of rotatable bonds is 4. The Bertz CT molecular complexity index is 1090. The molecule has 3 heteroatoms. The first-order chi connectivity index (χ1) is 13.1. The van der Waals surface area contributed by atoms with Crippen molar-refractivity contribution in [1.29, 1.82) is 0 Å². The highest BCUT2D eigenvalue weighted by Crippen LogP contribution is 2.48. The highest BCUT2D eigenvalue weighted by atomic mass is 79.9. The number of allylic oxidation sites excluding steroid dienone is 2. The van der Waals surface area contributed by atoms with Gasteiger partial charge in [-0.2, -0.15) is 0 Å². The van der Waals surface area contributed by atoms with Crippen molar-refractivity contribution < 1.29 is 9.53 Å². The van der Waals surface area contributed by atoms with Gasteiger partial charge in [-0.25, -0.2) is 4.79 Å². The number of halogens is 1. The van der Waals surface area contributed by atoms with Crippen LogP contribution in [0.15, 0.2) is 83.4 Å². The first-order valence-corrected chi connectivity index (χ1v) is 9.62. The molecule has 0 saturated heterocycles. The van der Waals surface area contributed by atoms with Gasteiger partial charge in [0.25, 0.3) is 0 Å². The molecule has 0 unspecified atom stereocenters. The van der Waals surface area contributed by atoms with Gasteiger partial charge in [-0.1, -0.05) is 89.2 Å². The number of hydrogen-bond donors (Lipinski definition) is 0. The van der Waals surface area contributed by atoms with Crippen LogP contribution < -0.4 is 0 Å². The molecular weight excluding hydrogens is 400 g/mol. The Balaban J connectivity index is 1.98. The molecule has 4 rings (SSSR count). The Hall–Kier alpha value is -2.65.